The average molecular weight is 328 g/mol. The highest BCUT2D eigenvalue weighted by Crippen LogP contribution is 2.25. The molecule has 0 unspecified atom stereocenters. The molecule has 1 amide bonds. The van der Waals surface area contributed by atoms with Gasteiger partial charge in [-0.25, -0.2) is 4.39 Å². The predicted octanol–water partition coefficient (Wildman–Crippen LogP) is 3.08. The zero-order chi connectivity index (χ0) is 16.9. The van der Waals surface area contributed by atoms with Gasteiger partial charge in [-0.15, -0.1) is 0 Å². The number of rotatable bonds is 4. The number of likely N-dealkylation sites (tertiary alicyclic amines) is 1. The molecule has 0 saturated carbocycles. The Labute approximate surface area is 141 Å². The molecule has 0 spiro atoms. The first-order chi connectivity index (χ1) is 11.7. The molecule has 0 bridgehead atoms. The number of carbonyl (C=O) groups excluding carboxylic acids is 1. The van der Waals surface area contributed by atoms with Crippen LogP contribution in [-0.4, -0.2) is 41.6 Å². The van der Waals surface area contributed by atoms with E-state index in [-0.39, 0.29) is 23.9 Å². The Morgan fingerprint density at radius 2 is 1.96 bits per heavy atom. The van der Waals surface area contributed by atoms with Gasteiger partial charge in [0.2, 0.25) is 0 Å². The summed E-state index contributed by atoms with van der Waals surface area (Å²) in [7, 11) is 1.68. The van der Waals surface area contributed by atoms with Crippen LogP contribution in [0.2, 0.25) is 0 Å². The van der Waals surface area contributed by atoms with Gasteiger partial charge in [0.25, 0.3) is 5.91 Å². The molecule has 4 nitrogen and oxygen atoms in total. The van der Waals surface area contributed by atoms with Gasteiger partial charge in [-0.05, 0) is 49.1 Å². The van der Waals surface area contributed by atoms with Crippen LogP contribution in [0.4, 0.5) is 4.39 Å². The highest BCUT2D eigenvalue weighted by Gasteiger charge is 2.34. The summed E-state index contributed by atoms with van der Waals surface area (Å²) < 4.78 is 18.8. The molecule has 1 aromatic heterocycles. The Hall–Kier alpha value is -2.27. The number of benzene rings is 1. The second-order valence-corrected chi connectivity index (χ2v) is 6.05. The van der Waals surface area contributed by atoms with Crippen molar-refractivity contribution in [3.05, 3.63) is 65.7 Å². The van der Waals surface area contributed by atoms with Crippen LogP contribution in [-0.2, 0) is 11.2 Å². The van der Waals surface area contributed by atoms with Crippen molar-refractivity contribution in [2.75, 3.05) is 13.7 Å². The largest absolute Gasteiger partial charge is 0.379 e. The minimum Gasteiger partial charge on any atom is -0.379 e. The third-order valence-electron chi connectivity index (χ3n) is 4.57. The highest BCUT2D eigenvalue weighted by molar-refractivity contribution is 5.94. The molecule has 1 fully saturated rings. The van der Waals surface area contributed by atoms with Crippen molar-refractivity contribution >= 4 is 5.91 Å². The third kappa shape index (κ3) is 3.62. The fourth-order valence-electron chi connectivity index (χ4n) is 3.31. The standard InChI is InChI=1S/C19H21FN2O2/c1-24-18-3-2-12-22(19(23)15-8-10-21-11-9-15)17(18)13-14-4-6-16(20)7-5-14/h4-11,17-18H,2-3,12-13H2,1H3/t17-,18-/m0/s1. The van der Waals surface area contributed by atoms with E-state index in [2.05, 4.69) is 4.98 Å². The SMILES string of the molecule is CO[C@H]1CCCN(C(=O)c2ccncc2)[C@H]1Cc1ccc(F)cc1. The summed E-state index contributed by atoms with van der Waals surface area (Å²) in [5.41, 5.74) is 1.63. The molecular weight excluding hydrogens is 307 g/mol. The Bertz CT molecular complexity index is 676. The van der Waals surface area contributed by atoms with E-state index in [4.69, 9.17) is 4.74 Å². The number of halogens is 1. The van der Waals surface area contributed by atoms with Crippen molar-refractivity contribution in [3.8, 4) is 0 Å². The van der Waals surface area contributed by atoms with Crippen LogP contribution in [0.15, 0.2) is 48.8 Å². The maximum Gasteiger partial charge on any atom is 0.254 e. The van der Waals surface area contributed by atoms with E-state index in [0.717, 1.165) is 18.4 Å². The van der Waals surface area contributed by atoms with Crippen LogP contribution in [0.3, 0.4) is 0 Å². The van der Waals surface area contributed by atoms with Gasteiger partial charge in [0, 0.05) is 31.6 Å². The van der Waals surface area contributed by atoms with Gasteiger partial charge >= 0.3 is 0 Å². The van der Waals surface area contributed by atoms with Crippen molar-refractivity contribution in [2.45, 2.75) is 31.4 Å². The van der Waals surface area contributed by atoms with Crippen molar-refractivity contribution in [1.82, 2.24) is 9.88 Å². The second-order valence-electron chi connectivity index (χ2n) is 6.05. The van der Waals surface area contributed by atoms with Gasteiger partial charge in [0.1, 0.15) is 5.82 Å². The minimum atomic E-state index is -0.254. The van der Waals surface area contributed by atoms with Crippen molar-refractivity contribution in [3.63, 3.8) is 0 Å². The maximum atomic E-state index is 13.1. The molecule has 0 N–H and O–H groups in total. The number of piperidine rings is 1. The third-order valence-corrected chi connectivity index (χ3v) is 4.57. The number of aromatic nitrogens is 1. The molecule has 3 rings (SSSR count). The van der Waals surface area contributed by atoms with E-state index in [9.17, 15) is 9.18 Å². The van der Waals surface area contributed by atoms with Crippen LogP contribution in [0, 0.1) is 5.82 Å². The molecule has 2 heterocycles. The molecule has 1 aliphatic heterocycles. The van der Waals surface area contributed by atoms with Gasteiger partial charge in [-0.1, -0.05) is 12.1 Å². The van der Waals surface area contributed by atoms with E-state index >= 15 is 0 Å². The molecular formula is C19H21FN2O2. The molecule has 2 atom stereocenters. The predicted molar refractivity (Wildman–Crippen MR) is 89.2 cm³/mol. The van der Waals surface area contributed by atoms with Crippen LogP contribution in [0.5, 0.6) is 0 Å². The van der Waals surface area contributed by atoms with Crippen molar-refractivity contribution in [1.29, 1.82) is 0 Å². The second kappa shape index (κ2) is 7.53. The lowest BCUT2D eigenvalue weighted by molar-refractivity contribution is -0.0117. The number of pyridine rings is 1. The van der Waals surface area contributed by atoms with E-state index in [1.165, 1.54) is 12.1 Å². The average Bonchev–Trinajstić information content (AvgIpc) is 2.64. The number of hydrogen-bond acceptors (Lipinski definition) is 3. The van der Waals surface area contributed by atoms with E-state index < -0.39 is 0 Å². The molecule has 0 radical (unpaired) electrons. The first-order valence-corrected chi connectivity index (χ1v) is 8.17. The fraction of sp³-hybridized carbons (Fsp3) is 0.368. The summed E-state index contributed by atoms with van der Waals surface area (Å²) in [6.45, 7) is 0.701. The Morgan fingerprint density at radius 1 is 1.25 bits per heavy atom. The van der Waals surface area contributed by atoms with E-state index in [0.29, 0.717) is 18.5 Å². The highest BCUT2D eigenvalue weighted by atomic mass is 19.1. The first-order valence-electron chi connectivity index (χ1n) is 8.17. The molecule has 5 heteroatoms. The quantitative estimate of drug-likeness (QED) is 0.866. The summed E-state index contributed by atoms with van der Waals surface area (Å²) in [5.74, 6) is -0.262. The smallest absolute Gasteiger partial charge is 0.254 e. The fourth-order valence-corrected chi connectivity index (χ4v) is 3.31. The van der Waals surface area contributed by atoms with Crippen LogP contribution in [0.25, 0.3) is 0 Å². The van der Waals surface area contributed by atoms with E-state index in [1.54, 1.807) is 43.8 Å². The molecule has 126 valence electrons. The number of nitrogens with zero attached hydrogens (tertiary/aromatic N) is 2. The first kappa shape index (κ1) is 16.6. The molecule has 0 aliphatic carbocycles. The van der Waals surface area contributed by atoms with E-state index in [1.807, 2.05) is 4.90 Å². The number of amides is 1. The Balaban J connectivity index is 1.84. The summed E-state index contributed by atoms with van der Waals surface area (Å²) in [5, 5.41) is 0. The molecule has 2 aromatic rings. The van der Waals surface area contributed by atoms with Gasteiger partial charge in [0.15, 0.2) is 0 Å². The monoisotopic (exact) mass is 328 g/mol. The lowest BCUT2D eigenvalue weighted by Crippen LogP contribution is -2.52. The number of ether oxygens (including phenoxy) is 1. The maximum absolute atomic E-state index is 13.1. The topological polar surface area (TPSA) is 42.4 Å². The van der Waals surface area contributed by atoms with Crippen LogP contribution < -0.4 is 0 Å². The summed E-state index contributed by atoms with van der Waals surface area (Å²) >= 11 is 0. The zero-order valence-electron chi connectivity index (χ0n) is 13.7. The summed E-state index contributed by atoms with van der Waals surface area (Å²) in [4.78, 5) is 18.8. The lowest BCUT2D eigenvalue weighted by Gasteiger charge is -2.41. The van der Waals surface area contributed by atoms with Gasteiger partial charge < -0.3 is 9.64 Å². The molecule has 1 aromatic carbocycles. The summed E-state index contributed by atoms with van der Waals surface area (Å²) in [6.07, 6.45) is 5.71. The lowest BCUT2D eigenvalue weighted by atomic mass is 9.92. The zero-order valence-corrected chi connectivity index (χ0v) is 13.7. The number of methoxy groups -OCH3 is 1. The Kier molecular flexibility index (Phi) is 5.20. The Morgan fingerprint density at radius 3 is 2.62 bits per heavy atom. The molecule has 1 saturated heterocycles. The van der Waals surface area contributed by atoms with Crippen LogP contribution in [0.1, 0.15) is 28.8 Å². The normalized spacial score (nSPS) is 20.8. The van der Waals surface area contributed by atoms with Crippen molar-refractivity contribution < 1.29 is 13.9 Å². The van der Waals surface area contributed by atoms with Gasteiger partial charge in [-0.3, -0.25) is 9.78 Å². The summed E-state index contributed by atoms with van der Waals surface area (Å²) in [6, 6.07) is 9.85. The van der Waals surface area contributed by atoms with Crippen molar-refractivity contribution in [2.24, 2.45) is 0 Å². The molecule has 1 aliphatic rings. The van der Waals surface area contributed by atoms with Crippen LogP contribution >= 0.6 is 0 Å². The van der Waals surface area contributed by atoms with Gasteiger partial charge in [0.05, 0.1) is 12.1 Å². The minimum absolute atomic E-state index is 0.00809. The number of hydrogen-bond donors (Lipinski definition) is 0. The van der Waals surface area contributed by atoms with Gasteiger partial charge in [-0.2, -0.15) is 0 Å². The number of carbonyl (C=O) groups is 1. The molecule has 24 heavy (non-hydrogen) atoms.